The van der Waals surface area contributed by atoms with Gasteiger partial charge >= 0.3 is 5.97 Å². The maximum absolute atomic E-state index is 14.0. The zero-order chi connectivity index (χ0) is 31.2. The van der Waals surface area contributed by atoms with E-state index in [1.165, 1.54) is 6.08 Å². The summed E-state index contributed by atoms with van der Waals surface area (Å²) in [5.74, 6) is -3.44. The second-order valence-corrected chi connectivity index (χ2v) is 13.7. The van der Waals surface area contributed by atoms with E-state index >= 15 is 0 Å². The minimum Gasteiger partial charge on any atom is -0.480 e. The summed E-state index contributed by atoms with van der Waals surface area (Å²) < 4.78 is 48.0. The quantitative estimate of drug-likeness (QED) is 0.306. The highest BCUT2D eigenvalue weighted by Gasteiger charge is 2.47. The molecular weight excluding hydrogens is 572 g/mol. The van der Waals surface area contributed by atoms with Crippen molar-refractivity contribution in [2.45, 2.75) is 63.8 Å². The number of carbonyl (C=O) groups excluding carboxylic acids is 1. The number of furan rings is 1. The van der Waals surface area contributed by atoms with Gasteiger partial charge in [-0.15, -0.1) is 0 Å². The van der Waals surface area contributed by atoms with E-state index in [9.17, 15) is 23.1 Å². The largest absolute Gasteiger partial charge is 0.480 e. The molecule has 228 valence electrons. The lowest BCUT2D eigenvalue weighted by Gasteiger charge is -2.34. The lowest BCUT2D eigenvalue weighted by molar-refractivity contribution is -0.140. The van der Waals surface area contributed by atoms with Crippen molar-refractivity contribution in [3.63, 3.8) is 0 Å². The molecule has 11 heteroatoms. The number of carboxylic acid groups (broad SMARTS) is 1. The van der Waals surface area contributed by atoms with Crippen molar-refractivity contribution in [2.75, 3.05) is 6.61 Å². The first-order valence-corrected chi connectivity index (χ1v) is 15.6. The molecule has 2 unspecified atom stereocenters. The molecule has 5 rings (SSSR count). The molecule has 1 fully saturated rings. The summed E-state index contributed by atoms with van der Waals surface area (Å²) in [4.78, 5) is 23.8. The van der Waals surface area contributed by atoms with E-state index in [0.717, 1.165) is 16.7 Å². The van der Waals surface area contributed by atoms with Gasteiger partial charge in [0.15, 0.2) is 16.4 Å². The first-order chi connectivity index (χ1) is 20.2. The minimum atomic E-state index is -4.49. The van der Waals surface area contributed by atoms with Crippen LogP contribution in [0, 0.1) is 12.8 Å². The zero-order valence-corrected chi connectivity index (χ0v) is 25.5. The molecule has 2 heterocycles. The fraction of sp³-hybridized carbons (Fsp3) is 0.375. The van der Waals surface area contributed by atoms with Crippen molar-refractivity contribution in [1.82, 2.24) is 10.0 Å². The number of nitrogens with one attached hydrogen (secondary N) is 2. The number of hydrogen-bond donors (Lipinski definition) is 3. The monoisotopic (exact) mass is 608 g/mol. The van der Waals surface area contributed by atoms with Crippen LogP contribution in [0.1, 0.15) is 67.5 Å². The van der Waals surface area contributed by atoms with Crippen molar-refractivity contribution in [3.8, 4) is 0 Å². The van der Waals surface area contributed by atoms with Gasteiger partial charge in [0.1, 0.15) is 17.7 Å². The van der Waals surface area contributed by atoms with Crippen molar-refractivity contribution in [3.05, 3.63) is 89.2 Å². The summed E-state index contributed by atoms with van der Waals surface area (Å²) in [6.45, 7) is 8.91. The molecule has 3 atom stereocenters. The van der Waals surface area contributed by atoms with Crippen LogP contribution in [0.5, 0.6) is 0 Å². The van der Waals surface area contributed by atoms with E-state index < -0.39 is 44.5 Å². The van der Waals surface area contributed by atoms with Gasteiger partial charge in [0, 0.05) is 17.4 Å². The van der Waals surface area contributed by atoms with E-state index in [4.69, 9.17) is 13.9 Å². The van der Waals surface area contributed by atoms with Crippen molar-refractivity contribution >= 4 is 38.4 Å². The third kappa shape index (κ3) is 5.90. The molecule has 1 aliphatic carbocycles. The van der Waals surface area contributed by atoms with Crippen LogP contribution in [0.15, 0.2) is 71.2 Å². The number of sulfonamides is 1. The maximum Gasteiger partial charge on any atom is 0.321 e. The average Bonchev–Trinajstić information content (AvgIpc) is 3.51. The van der Waals surface area contributed by atoms with Crippen LogP contribution in [0.4, 0.5) is 0 Å². The number of aryl methyl sites for hydroxylation is 1. The summed E-state index contributed by atoms with van der Waals surface area (Å²) in [7, 11) is -4.49. The van der Waals surface area contributed by atoms with Crippen molar-refractivity contribution in [2.24, 2.45) is 5.92 Å². The first-order valence-electron chi connectivity index (χ1n) is 14.1. The summed E-state index contributed by atoms with van der Waals surface area (Å²) >= 11 is 0. The Balaban J connectivity index is 1.52. The molecule has 3 aromatic rings. The van der Waals surface area contributed by atoms with Gasteiger partial charge in [-0.25, -0.2) is 8.42 Å². The van der Waals surface area contributed by atoms with Gasteiger partial charge in [0.05, 0.1) is 6.61 Å². The van der Waals surface area contributed by atoms with Gasteiger partial charge in [0.25, 0.3) is 5.91 Å². The van der Waals surface area contributed by atoms with Crippen LogP contribution < -0.4 is 10.0 Å². The van der Waals surface area contributed by atoms with Gasteiger partial charge in [-0.3, -0.25) is 9.59 Å². The summed E-state index contributed by atoms with van der Waals surface area (Å²) in [6, 6.07) is 13.4. The molecule has 0 spiro atoms. The molecule has 2 aliphatic rings. The molecule has 2 aromatic carbocycles. The summed E-state index contributed by atoms with van der Waals surface area (Å²) in [5, 5.41) is 13.1. The topological polar surface area (TPSA) is 144 Å². The van der Waals surface area contributed by atoms with Gasteiger partial charge in [-0.2, -0.15) is 4.72 Å². The van der Waals surface area contributed by atoms with E-state index in [1.807, 2.05) is 50.2 Å². The fourth-order valence-corrected chi connectivity index (χ4v) is 7.17. The van der Waals surface area contributed by atoms with Gasteiger partial charge in [0.2, 0.25) is 10.0 Å². The third-order valence-corrected chi connectivity index (χ3v) is 9.76. The van der Waals surface area contributed by atoms with Gasteiger partial charge < -0.3 is 24.3 Å². The molecule has 0 saturated carbocycles. The number of ether oxygens (including phenoxy) is 2. The fourth-order valence-electron chi connectivity index (χ4n) is 5.48. The number of carboxylic acids is 1. The highest BCUT2D eigenvalue weighted by molar-refractivity contribution is 7.91. The van der Waals surface area contributed by atoms with Crippen molar-refractivity contribution < 1.29 is 37.0 Å². The number of benzene rings is 2. The third-order valence-electron chi connectivity index (χ3n) is 7.83. The smallest absolute Gasteiger partial charge is 0.321 e. The first kappa shape index (κ1) is 30.7. The average molecular weight is 609 g/mol. The Bertz CT molecular complexity index is 1720. The predicted molar refractivity (Wildman–Crippen MR) is 161 cm³/mol. The lowest BCUT2D eigenvalue weighted by atomic mass is 9.96. The predicted octanol–water partition coefficient (Wildman–Crippen LogP) is 5.06. The van der Waals surface area contributed by atoms with Crippen LogP contribution in [0.2, 0.25) is 0 Å². The van der Waals surface area contributed by atoms with Crippen LogP contribution in [0.3, 0.4) is 0 Å². The highest BCUT2D eigenvalue weighted by atomic mass is 32.2. The second kappa shape index (κ2) is 11.4. The van der Waals surface area contributed by atoms with Gasteiger partial charge in [-0.1, -0.05) is 68.5 Å². The van der Waals surface area contributed by atoms with E-state index in [0.29, 0.717) is 23.1 Å². The minimum absolute atomic E-state index is 0.0555. The standard InChI is InChI=1S/C32H36N2O8S/c1-19(2)27(30(36)37)34-43(38,39)32(16-14-22(15-17-32)21-10-7-6-8-11-21)33-29(35)28-20(3)26-23(12-9-13-24(26)41-28)25-18-40-31(4,5)42-25/h6-16,19,25,27,34H,17-18H2,1-5H3,(H,33,35)(H,36,37)/t25?,27-,32?/m0/s1. The van der Waals surface area contributed by atoms with Crippen LogP contribution in [0.25, 0.3) is 16.5 Å². The normalized spacial score (nSPS) is 22.5. The number of hydrogen-bond acceptors (Lipinski definition) is 7. The number of amides is 1. The maximum atomic E-state index is 14.0. The zero-order valence-electron chi connectivity index (χ0n) is 24.7. The molecular formula is C32H36N2O8S. The molecule has 10 nitrogen and oxygen atoms in total. The Kier molecular flexibility index (Phi) is 8.12. The Labute approximate surface area is 250 Å². The number of allylic oxidation sites excluding steroid dienone is 2. The Hall–Kier alpha value is -3.77. The molecule has 1 aliphatic heterocycles. The van der Waals surface area contributed by atoms with E-state index in [1.54, 1.807) is 45.1 Å². The van der Waals surface area contributed by atoms with Crippen LogP contribution in [-0.4, -0.2) is 48.7 Å². The molecule has 1 saturated heterocycles. The number of rotatable bonds is 9. The van der Waals surface area contributed by atoms with Gasteiger partial charge in [-0.05, 0) is 55.5 Å². The summed E-state index contributed by atoms with van der Waals surface area (Å²) in [5.41, 5.74) is 3.39. The number of fused-ring (bicyclic) bond motifs is 1. The van der Waals surface area contributed by atoms with E-state index in [2.05, 4.69) is 10.0 Å². The number of carbonyl (C=O) groups is 2. The molecule has 0 radical (unpaired) electrons. The Morgan fingerprint density at radius 3 is 2.37 bits per heavy atom. The molecule has 3 N–H and O–H groups in total. The van der Waals surface area contributed by atoms with Crippen molar-refractivity contribution in [1.29, 1.82) is 0 Å². The highest BCUT2D eigenvalue weighted by Crippen LogP contribution is 2.39. The molecule has 1 aromatic heterocycles. The van der Waals surface area contributed by atoms with Crippen LogP contribution in [-0.2, 0) is 24.3 Å². The second-order valence-electron chi connectivity index (χ2n) is 11.7. The Morgan fingerprint density at radius 2 is 1.79 bits per heavy atom. The summed E-state index contributed by atoms with van der Waals surface area (Å²) in [6.07, 6.45) is 4.19. The lowest BCUT2D eigenvalue weighted by Crippen LogP contribution is -2.60. The van der Waals surface area contributed by atoms with E-state index in [-0.39, 0.29) is 18.3 Å². The Morgan fingerprint density at radius 1 is 1.07 bits per heavy atom. The number of aliphatic carboxylic acids is 1. The molecule has 1 amide bonds. The molecule has 43 heavy (non-hydrogen) atoms. The van der Waals surface area contributed by atoms with Crippen LogP contribution >= 0.6 is 0 Å². The SMILES string of the molecule is Cc1c(C(=O)NC2(S(=O)(=O)N[C@H](C(=O)O)C(C)C)C=CC(c3ccccc3)=CC2)oc2cccc(C3COC(C)(C)O3)c12. The molecule has 0 bridgehead atoms.